The molecule has 2 fully saturated rings. The Morgan fingerprint density at radius 3 is 2.22 bits per heavy atom. The average Bonchev–Trinajstić information content (AvgIpc) is 3.01. The zero-order valence-corrected chi connectivity index (χ0v) is 24.4. The summed E-state index contributed by atoms with van der Waals surface area (Å²) in [6.45, 7) is -0.507. The van der Waals surface area contributed by atoms with E-state index in [1.807, 2.05) is 6.07 Å². The molecule has 2 aromatic heterocycles. The number of H-pyrrole nitrogens is 1. The summed E-state index contributed by atoms with van der Waals surface area (Å²) in [5, 5.41) is 6.73. The molecule has 0 unspecified atom stereocenters. The minimum atomic E-state index is -5.35. The zero-order valence-electron chi connectivity index (χ0n) is 23.6. The van der Waals surface area contributed by atoms with Crippen molar-refractivity contribution in [3.63, 3.8) is 0 Å². The number of pyridine rings is 1. The third-order valence-electron chi connectivity index (χ3n) is 8.43. The molecule has 3 heterocycles. The van der Waals surface area contributed by atoms with Crippen molar-refractivity contribution in [2.24, 2.45) is 0 Å². The van der Waals surface area contributed by atoms with Gasteiger partial charge in [0.05, 0.1) is 18.1 Å². The lowest BCUT2D eigenvalue weighted by Crippen LogP contribution is -2.59. The standard InChI is InChI=1S/C30H26F5N5O4S/c31-23-24(32)26(34)28(27(35)25(23)33)45(43,44)40-11-10-22(40)30(42)39(19-7-8-20-18(12-19)14-37-38-29(20)41)15-16-6-9-21(36-13-16)17-4-2-1-3-5-17/h6-9,12-14,17,22H,1-5,10-11,15H2,(H,38,41)/t22-/m1/s1. The van der Waals surface area contributed by atoms with Crippen LogP contribution in [0.3, 0.4) is 0 Å². The zero-order chi connectivity index (χ0) is 32.0. The van der Waals surface area contributed by atoms with Gasteiger partial charge in [-0.2, -0.15) is 9.40 Å². The molecule has 0 bridgehead atoms. The summed E-state index contributed by atoms with van der Waals surface area (Å²) in [6.07, 6.45) is 8.35. The lowest BCUT2D eigenvalue weighted by Gasteiger charge is -2.41. The van der Waals surface area contributed by atoms with E-state index in [9.17, 15) is 40.0 Å². The fourth-order valence-electron chi connectivity index (χ4n) is 5.91. The molecule has 1 N–H and O–H groups in total. The van der Waals surface area contributed by atoms with E-state index >= 15 is 0 Å². The molecular formula is C30H26F5N5O4S. The van der Waals surface area contributed by atoms with Gasteiger partial charge in [-0.25, -0.2) is 35.5 Å². The van der Waals surface area contributed by atoms with Crippen molar-refractivity contribution >= 4 is 32.4 Å². The molecular weight excluding hydrogens is 621 g/mol. The van der Waals surface area contributed by atoms with E-state index < -0.39 is 68.1 Å². The Labute approximate surface area is 253 Å². The van der Waals surface area contributed by atoms with Gasteiger partial charge in [0.25, 0.3) is 5.56 Å². The lowest BCUT2D eigenvalue weighted by molar-refractivity contribution is -0.125. The molecule has 2 aromatic carbocycles. The molecule has 236 valence electrons. The number of nitrogens with one attached hydrogen (secondary N) is 1. The van der Waals surface area contributed by atoms with Crippen LogP contribution in [-0.4, -0.2) is 46.4 Å². The van der Waals surface area contributed by atoms with Gasteiger partial charge in [0.15, 0.2) is 28.2 Å². The Morgan fingerprint density at radius 2 is 1.60 bits per heavy atom. The molecule has 9 nitrogen and oxygen atoms in total. The third kappa shape index (κ3) is 5.47. The number of anilines is 1. The third-order valence-corrected chi connectivity index (χ3v) is 10.4. The molecule has 1 saturated heterocycles. The highest BCUT2D eigenvalue weighted by molar-refractivity contribution is 7.89. The van der Waals surface area contributed by atoms with E-state index in [0.29, 0.717) is 21.2 Å². The molecule has 1 saturated carbocycles. The SMILES string of the molecule is O=C([C@H]1CCN1S(=O)(=O)c1c(F)c(F)c(F)c(F)c1F)N(Cc1ccc(C2CCCCC2)nc1)c1ccc2c(=O)[nH]ncc2c1. The van der Waals surface area contributed by atoms with Crippen molar-refractivity contribution in [3.05, 3.63) is 93.4 Å². The first-order valence-electron chi connectivity index (χ1n) is 14.3. The highest BCUT2D eigenvalue weighted by atomic mass is 32.2. The number of fused-ring (bicyclic) bond motifs is 1. The fraction of sp³-hybridized carbons (Fsp3) is 0.333. The molecule has 1 aliphatic heterocycles. The lowest BCUT2D eigenvalue weighted by atomic mass is 9.86. The van der Waals surface area contributed by atoms with Gasteiger partial charge < -0.3 is 4.90 Å². The number of benzene rings is 2. The van der Waals surface area contributed by atoms with Crippen LogP contribution in [0, 0.1) is 29.1 Å². The second-order valence-electron chi connectivity index (χ2n) is 11.1. The Balaban J connectivity index is 1.35. The summed E-state index contributed by atoms with van der Waals surface area (Å²) in [4.78, 5) is 30.0. The number of aromatic nitrogens is 3. The summed E-state index contributed by atoms with van der Waals surface area (Å²) >= 11 is 0. The largest absolute Gasteiger partial charge is 0.307 e. The maximum Gasteiger partial charge on any atom is 0.272 e. The molecule has 1 amide bonds. The van der Waals surface area contributed by atoms with Crippen molar-refractivity contribution in [2.45, 2.75) is 61.9 Å². The number of hydrogen-bond donors (Lipinski definition) is 1. The first kappa shape index (κ1) is 30.8. The van der Waals surface area contributed by atoms with Crippen LogP contribution in [0.2, 0.25) is 0 Å². The number of rotatable bonds is 7. The van der Waals surface area contributed by atoms with Gasteiger partial charge in [0.2, 0.25) is 21.7 Å². The molecule has 1 aliphatic carbocycles. The maximum absolute atomic E-state index is 14.5. The summed E-state index contributed by atoms with van der Waals surface area (Å²) < 4.78 is 97.5. The quantitative estimate of drug-likeness (QED) is 0.170. The second kappa shape index (κ2) is 11.9. The number of halogens is 5. The molecule has 6 rings (SSSR count). The Bertz CT molecular complexity index is 1940. The van der Waals surface area contributed by atoms with E-state index in [2.05, 4.69) is 15.2 Å². The number of sulfonamides is 1. The average molecular weight is 648 g/mol. The minimum absolute atomic E-state index is 0.0857. The van der Waals surface area contributed by atoms with Crippen molar-refractivity contribution in [3.8, 4) is 0 Å². The minimum Gasteiger partial charge on any atom is -0.307 e. The van der Waals surface area contributed by atoms with Gasteiger partial charge in [0, 0.05) is 35.4 Å². The van der Waals surface area contributed by atoms with Gasteiger partial charge in [-0.05, 0) is 49.1 Å². The van der Waals surface area contributed by atoms with Crippen molar-refractivity contribution in [2.75, 3.05) is 11.4 Å². The first-order valence-corrected chi connectivity index (χ1v) is 15.7. The fourth-order valence-corrected chi connectivity index (χ4v) is 7.65. The van der Waals surface area contributed by atoms with Gasteiger partial charge in [-0.1, -0.05) is 25.3 Å². The molecule has 0 spiro atoms. The van der Waals surface area contributed by atoms with Crippen LogP contribution in [0.25, 0.3) is 10.8 Å². The van der Waals surface area contributed by atoms with E-state index in [1.54, 1.807) is 12.3 Å². The second-order valence-corrected chi connectivity index (χ2v) is 13.0. The molecule has 1 atom stereocenters. The Kier molecular flexibility index (Phi) is 8.16. The van der Waals surface area contributed by atoms with Gasteiger partial charge in [0.1, 0.15) is 6.04 Å². The molecule has 45 heavy (non-hydrogen) atoms. The summed E-state index contributed by atoms with van der Waals surface area (Å²) in [5.41, 5.74) is 1.28. The number of carbonyl (C=O) groups is 1. The Hall–Kier alpha value is -4.24. The van der Waals surface area contributed by atoms with Crippen LogP contribution in [0.4, 0.5) is 27.6 Å². The number of amides is 1. The molecule has 0 radical (unpaired) electrons. The van der Waals surface area contributed by atoms with Crippen LogP contribution in [0.5, 0.6) is 0 Å². The summed E-state index contributed by atoms with van der Waals surface area (Å²) in [6, 6.07) is 6.59. The van der Waals surface area contributed by atoms with Crippen molar-refractivity contribution < 1.29 is 35.2 Å². The Morgan fingerprint density at radius 1 is 0.911 bits per heavy atom. The van der Waals surface area contributed by atoms with Crippen LogP contribution in [-0.2, 0) is 21.4 Å². The molecule has 2 aliphatic rings. The predicted octanol–water partition coefficient (Wildman–Crippen LogP) is 5.06. The number of nitrogens with zero attached hydrogens (tertiary/aromatic N) is 4. The highest BCUT2D eigenvalue weighted by Gasteiger charge is 2.48. The molecule has 15 heteroatoms. The van der Waals surface area contributed by atoms with Gasteiger partial charge in [-0.15, -0.1) is 0 Å². The smallest absolute Gasteiger partial charge is 0.272 e. The highest BCUT2D eigenvalue weighted by Crippen LogP contribution is 2.36. The van der Waals surface area contributed by atoms with Crippen LogP contribution >= 0.6 is 0 Å². The van der Waals surface area contributed by atoms with E-state index in [-0.39, 0.29) is 24.0 Å². The normalized spacial score (nSPS) is 17.8. The van der Waals surface area contributed by atoms with Gasteiger partial charge >= 0.3 is 0 Å². The van der Waals surface area contributed by atoms with Crippen LogP contribution < -0.4 is 10.5 Å². The molecule has 4 aromatic rings. The van der Waals surface area contributed by atoms with E-state index in [1.165, 1.54) is 35.7 Å². The number of hydrogen-bond acceptors (Lipinski definition) is 6. The van der Waals surface area contributed by atoms with Crippen LogP contribution in [0.15, 0.2) is 52.4 Å². The van der Waals surface area contributed by atoms with E-state index in [0.717, 1.165) is 31.4 Å². The number of carbonyl (C=O) groups excluding carboxylic acids is 1. The summed E-state index contributed by atoms with van der Waals surface area (Å²) in [5.74, 6) is -12.9. The van der Waals surface area contributed by atoms with E-state index in [4.69, 9.17) is 0 Å². The summed E-state index contributed by atoms with van der Waals surface area (Å²) in [7, 11) is -5.35. The predicted molar refractivity (Wildman–Crippen MR) is 152 cm³/mol. The maximum atomic E-state index is 14.5. The monoisotopic (exact) mass is 647 g/mol. The van der Waals surface area contributed by atoms with Crippen LogP contribution in [0.1, 0.15) is 55.7 Å². The topological polar surface area (TPSA) is 116 Å². The number of aromatic amines is 1. The van der Waals surface area contributed by atoms with Crippen molar-refractivity contribution in [1.29, 1.82) is 0 Å². The van der Waals surface area contributed by atoms with Crippen molar-refractivity contribution in [1.82, 2.24) is 19.5 Å². The van der Waals surface area contributed by atoms with Gasteiger partial charge in [-0.3, -0.25) is 14.6 Å². The first-order chi connectivity index (χ1) is 21.5.